The lowest BCUT2D eigenvalue weighted by Gasteiger charge is -2.05. The van der Waals surface area contributed by atoms with Gasteiger partial charge in [0.1, 0.15) is 0 Å². The van der Waals surface area contributed by atoms with Crippen molar-refractivity contribution in [3.8, 4) is 0 Å². The molecule has 0 amide bonds. The van der Waals surface area contributed by atoms with Gasteiger partial charge in [0.25, 0.3) is 0 Å². The minimum absolute atomic E-state index is 1.33. The van der Waals surface area contributed by atoms with Crippen molar-refractivity contribution in [2.75, 3.05) is 0 Å². The molecule has 0 aliphatic heterocycles. The first-order chi connectivity index (χ1) is 5.65. The number of hydrogen-bond donors (Lipinski definition) is 0. The predicted molar refractivity (Wildman–Crippen MR) is 55.4 cm³/mol. The van der Waals surface area contributed by atoms with Crippen molar-refractivity contribution in [1.82, 2.24) is 0 Å². The quantitative estimate of drug-likeness (QED) is 0.588. The van der Waals surface area contributed by atoms with E-state index in [1.165, 1.54) is 22.3 Å². The summed E-state index contributed by atoms with van der Waals surface area (Å²) in [5, 5.41) is 0. The number of hydrogen-bond acceptors (Lipinski definition) is 0. The average molecular weight is 160 g/mol. The molecule has 0 aliphatic rings. The fourth-order valence-electron chi connectivity index (χ4n) is 1.34. The van der Waals surface area contributed by atoms with Gasteiger partial charge in [-0.1, -0.05) is 24.3 Å². The molecule has 0 fully saturated rings. The van der Waals surface area contributed by atoms with E-state index in [0.717, 1.165) is 0 Å². The van der Waals surface area contributed by atoms with Crippen LogP contribution in [-0.4, -0.2) is 0 Å². The van der Waals surface area contributed by atoms with Crippen LogP contribution in [0.25, 0.3) is 6.08 Å². The van der Waals surface area contributed by atoms with E-state index in [-0.39, 0.29) is 0 Å². The minimum Gasteiger partial charge on any atom is -0.0871 e. The Hall–Kier alpha value is -1.04. The molecule has 0 radical (unpaired) electrons. The Morgan fingerprint density at radius 3 is 2.08 bits per heavy atom. The van der Waals surface area contributed by atoms with Crippen LogP contribution in [0, 0.1) is 20.8 Å². The molecule has 0 aromatic heterocycles. The molecule has 0 nitrogen and oxygen atoms in total. The lowest BCUT2D eigenvalue weighted by Crippen LogP contribution is -1.86. The number of allylic oxidation sites excluding steroid dienone is 1. The van der Waals surface area contributed by atoms with E-state index in [1.807, 2.05) is 0 Å². The molecule has 0 spiro atoms. The molecule has 0 unspecified atom stereocenters. The van der Waals surface area contributed by atoms with Crippen LogP contribution in [0.3, 0.4) is 0 Å². The fraction of sp³-hybridized carbons (Fsp3) is 0.333. The molecule has 1 rings (SSSR count). The standard InChI is InChI=1S/C12H16/c1-5-6-12-8-10(3)9(2)7-11(12)4/h5-8H,1-4H3/b6-5-. The summed E-state index contributed by atoms with van der Waals surface area (Å²) in [7, 11) is 0. The van der Waals surface area contributed by atoms with Gasteiger partial charge in [0, 0.05) is 0 Å². The first kappa shape index (κ1) is 9.05. The van der Waals surface area contributed by atoms with Crippen molar-refractivity contribution in [3.63, 3.8) is 0 Å². The topological polar surface area (TPSA) is 0 Å². The number of benzene rings is 1. The molecule has 0 saturated heterocycles. The summed E-state index contributed by atoms with van der Waals surface area (Å²) in [4.78, 5) is 0. The van der Waals surface area contributed by atoms with Crippen LogP contribution in [0.1, 0.15) is 29.2 Å². The second-order valence-electron chi connectivity index (χ2n) is 3.29. The summed E-state index contributed by atoms with van der Waals surface area (Å²) in [5.41, 5.74) is 5.44. The Labute approximate surface area is 74.9 Å². The lowest BCUT2D eigenvalue weighted by atomic mass is 10.0. The fourth-order valence-corrected chi connectivity index (χ4v) is 1.34. The second-order valence-corrected chi connectivity index (χ2v) is 3.29. The maximum Gasteiger partial charge on any atom is -0.0228 e. The molecule has 0 heteroatoms. The van der Waals surface area contributed by atoms with Crippen LogP contribution in [0.4, 0.5) is 0 Å². The molecule has 1 aromatic rings. The molecule has 0 atom stereocenters. The van der Waals surface area contributed by atoms with Gasteiger partial charge in [-0.25, -0.2) is 0 Å². The van der Waals surface area contributed by atoms with Crippen LogP contribution >= 0.6 is 0 Å². The molecule has 0 bridgehead atoms. The number of rotatable bonds is 1. The van der Waals surface area contributed by atoms with Gasteiger partial charge in [0.05, 0.1) is 0 Å². The minimum atomic E-state index is 1.33. The zero-order valence-corrected chi connectivity index (χ0v) is 8.31. The summed E-state index contributed by atoms with van der Waals surface area (Å²) < 4.78 is 0. The van der Waals surface area contributed by atoms with Gasteiger partial charge in [-0.15, -0.1) is 0 Å². The van der Waals surface area contributed by atoms with Gasteiger partial charge in [0.2, 0.25) is 0 Å². The van der Waals surface area contributed by atoms with E-state index in [4.69, 9.17) is 0 Å². The predicted octanol–water partition coefficient (Wildman–Crippen LogP) is 3.64. The van der Waals surface area contributed by atoms with Crippen molar-refractivity contribution in [2.24, 2.45) is 0 Å². The van der Waals surface area contributed by atoms with Gasteiger partial charge in [-0.2, -0.15) is 0 Å². The Bertz CT molecular complexity index is 306. The van der Waals surface area contributed by atoms with E-state index in [1.54, 1.807) is 0 Å². The van der Waals surface area contributed by atoms with Crippen LogP contribution < -0.4 is 0 Å². The van der Waals surface area contributed by atoms with Gasteiger partial charge in [-0.3, -0.25) is 0 Å². The highest BCUT2D eigenvalue weighted by atomic mass is 14.0. The summed E-state index contributed by atoms with van der Waals surface area (Å²) in [6.07, 6.45) is 4.23. The Kier molecular flexibility index (Phi) is 2.69. The third-order valence-corrected chi connectivity index (χ3v) is 2.23. The maximum absolute atomic E-state index is 2.24. The van der Waals surface area contributed by atoms with E-state index in [9.17, 15) is 0 Å². The monoisotopic (exact) mass is 160 g/mol. The Morgan fingerprint density at radius 1 is 0.917 bits per heavy atom. The maximum atomic E-state index is 2.24. The highest BCUT2D eigenvalue weighted by Gasteiger charge is 1.97. The third kappa shape index (κ3) is 1.76. The van der Waals surface area contributed by atoms with Gasteiger partial charge in [0.15, 0.2) is 0 Å². The highest BCUT2D eigenvalue weighted by Crippen LogP contribution is 2.16. The lowest BCUT2D eigenvalue weighted by molar-refractivity contribution is 1.29. The molecule has 64 valence electrons. The largest absolute Gasteiger partial charge is 0.0871 e. The normalized spacial score (nSPS) is 11.0. The zero-order chi connectivity index (χ0) is 9.14. The van der Waals surface area contributed by atoms with Gasteiger partial charge < -0.3 is 0 Å². The van der Waals surface area contributed by atoms with Crippen molar-refractivity contribution in [1.29, 1.82) is 0 Å². The van der Waals surface area contributed by atoms with Crippen LogP contribution in [0.2, 0.25) is 0 Å². The van der Waals surface area contributed by atoms with E-state index < -0.39 is 0 Å². The van der Waals surface area contributed by atoms with Crippen molar-refractivity contribution >= 4 is 6.08 Å². The summed E-state index contributed by atoms with van der Waals surface area (Å²) >= 11 is 0. The molecule has 12 heavy (non-hydrogen) atoms. The SMILES string of the molecule is C/C=C\c1cc(C)c(C)cc1C. The first-order valence-electron chi connectivity index (χ1n) is 4.35. The Morgan fingerprint density at radius 2 is 1.50 bits per heavy atom. The second kappa shape index (κ2) is 3.57. The molecule has 0 saturated carbocycles. The summed E-state index contributed by atoms with van der Waals surface area (Å²) in [5.74, 6) is 0. The Balaban J connectivity index is 3.23. The number of aryl methyl sites for hydroxylation is 3. The van der Waals surface area contributed by atoms with E-state index >= 15 is 0 Å². The molecule has 0 heterocycles. The molecular formula is C12H16. The van der Waals surface area contributed by atoms with E-state index in [2.05, 4.69) is 52.0 Å². The van der Waals surface area contributed by atoms with Crippen molar-refractivity contribution in [3.05, 3.63) is 40.5 Å². The summed E-state index contributed by atoms with van der Waals surface area (Å²) in [6, 6.07) is 4.48. The first-order valence-corrected chi connectivity index (χ1v) is 4.35. The van der Waals surface area contributed by atoms with Crippen LogP contribution in [-0.2, 0) is 0 Å². The smallest absolute Gasteiger partial charge is 0.0228 e. The van der Waals surface area contributed by atoms with Crippen molar-refractivity contribution in [2.45, 2.75) is 27.7 Å². The third-order valence-electron chi connectivity index (χ3n) is 2.23. The molecular weight excluding hydrogens is 144 g/mol. The summed E-state index contributed by atoms with van der Waals surface area (Å²) in [6.45, 7) is 8.51. The van der Waals surface area contributed by atoms with Gasteiger partial charge in [-0.05, 0) is 49.9 Å². The van der Waals surface area contributed by atoms with Gasteiger partial charge >= 0.3 is 0 Å². The van der Waals surface area contributed by atoms with E-state index in [0.29, 0.717) is 0 Å². The highest BCUT2D eigenvalue weighted by molar-refractivity contribution is 5.55. The van der Waals surface area contributed by atoms with Crippen LogP contribution in [0.15, 0.2) is 18.2 Å². The molecule has 1 aromatic carbocycles. The van der Waals surface area contributed by atoms with Crippen LogP contribution in [0.5, 0.6) is 0 Å². The molecule has 0 N–H and O–H groups in total. The van der Waals surface area contributed by atoms with Crippen molar-refractivity contribution < 1.29 is 0 Å². The average Bonchev–Trinajstić information content (AvgIpc) is 2.01. The zero-order valence-electron chi connectivity index (χ0n) is 8.31. The molecule has 0 aliphatic carbocycles.